The number of aryl methyl sites for hydroxylation is 1. The normalized spacial score (nSPS) is 14.1. The van der Waals surface area contributed by atoms with Crippen LogP contribution in [0.3, 0.4) is 0 Å². The van der Waals surface area contributed by atoms with E-state index in [4.69, 9.17) is 5.73 Å². The second kappa shape index (κ2) is 4.49. The number of carbonyl (C=O) groups excluding carboxylic acids is 1. The van der Waals surface area contributed by atoms with Gasteiger partial charge in [-0.3, -0.25) is 4.79 Å². The van der Waals surface area contributed by atoms with E-state index in [0.29, 0.717) is 17.1 Å². The van der Waals surface area contributed by atoms with E-state index in [1.54, 1.807) is 18.2 Å². The van der Waals surface area contributed by atoms with Crippen LogP contribution in [0.1, 0.15) is 11.1 Å². The maximum atomic E-state index is 11.0. The Morgan fingerprint density at radius 1 is 1.17 bits per heavy atom. The highest BCUT2D eigenvalue weighted by Crippen LogP contribution is 2.36. The molecular formula is C14H14N2O2. The molecule has 0 saturated carbocycles. The lowest BCUT2D eigenvalue weighted by Gasteiger charge is -2.10. The van der Waals surface area contributed by atoms with Gasteiger partial charge >= 0.3 is 0 Å². The van der Waals surface area contributed by atoms with Gasteiger partial charge in [0, 0.05) is 11.3 Å². The predicted molar refractivity (Wildman–Crippen MR) is 72.4 cm³/mol. The van der Waals surface area contributed by atoms with Gasteiger partial charge in [-0.2, -0.15) is 0 Å². The van der Waals surface area contributed by atoms with Crippen molar-refractivity contribution in [3.05, 3.63) is 41.5 Å². The Hall–Kier alpha value is -2.36. The number of nitrogen functional groups attached to an aromatic ring is 1. The fraction of sp³-hybridized carbons (Fsp3) is 0.143. The Morgan fingerprint density at radius 3 is 2.39 bits per heavy atom. The Morgan fingerprint density at radius 2 is 1.78 bits per heavy atom. The zero-order valence-electron chi connectivity index (χ0n) is 10.3. The summed E-state index contributed by atoms with van der Waals surface area (Å²) in [7, 11) is 0. The molecule has 0 radical (unpaired) electrons. The third-order valence-electron chi connectivity index (χ3n) is 2.86. The van der Waals surface area contributed by atoms with Crippen LogP contribution in [0.4, 0.5) is 11.4 Å². The molecule has 1 aliphatic rings. The van der Waals surface area contributed by atoms with Crippen molar-refractivity contribution in [1.29, 1.82) is 0 Å². The second-order valence-electron chi connectivity index (χ2n) is 4.21. The first-order valence-corrected chi connectivity index (χ1v) is 5.56. The number of hydrogen-bond donors (Lipinski definition) is 2. The molecule has 92 valence electrons. The molecule has 0 fully saturated rings. The number of aromatic hydroxyl groups is 1. The third-order valence-corrected chi connectivity index (χ3v) is 2.86. The lowest BCUT2D eigenvalue weighted by Crippen LogP contribution is -2.00. The molecule has 0 aliphatic heterocycles. The van der Waals surface area contributed by atoms with Crippen LogP contribution in [-0.4, -0.2) is 16.6 Å². The highest BCUT2D eigenvalue weighted by Gasteiger charge is 2.11. The molecule has 4 heteroatoms. The van der Waals surface area contributed by atoms with Crippen molar-refractivity contribution in [3.8, 4) is 5.75 Å². The lowest BCUT2D eigenvalue weighted by molar-refractivity contribution is -0.110. The molecule has 0 spiro atoms. The largest absolute Gasteiger partial charge is 0.506 e. The molecule has 0 saturated heterocycles. The number of phenolic OH excluding ortho intramolecular Hbond substituents is 1. The zero-order valence-corrected chi connectivity index (χ0v) is 10.3. The van der Waals surface area contributed by atoms with Crippen molar-refractivity contribution in [2.24, 2.45) is 4.99 Å². The van der Waals surface area contributed by atoms with Crippen LogP contribution in [0.15, 0.2) is 35.4 Å². The lowest BCUT2D eigenvalue weighted by atomic mass is 10.1. The van der Waals surface area contributed by atoms with Crippen molar-refractivity contribution in [2.75, 3.05) is 5.73 Å². The van der Waals surface area contributed by atoms with Crippen molar-refractivity contribution >= 4 is 22.9 Å². The molecule has 0 bridgehead atoms. The van der Waals surface area contributed by atoms with Gasteiger partial charge in [-0.15, -0.1) is 0 Å². The number of phenols is 1. The van der Waals surface area contributed by atoms with Gasteiger partial charge in [0.2, 0.25) is 0 Å². The summed E-state index contributed by atoms with van der Waals surface area (Å²) in [4.78, 5) is 15.3. The molecule has 0 aromatic heterocycles. The van der Waals surface area contributed by atoms with Crippen LogP contribution in [0.5, 0.6) is 5.75 Å². The summed E-state index contributed by atoms with van der Waals surface area (Å²) in [5.41, 5.74) is 9.13. The molecule has 1 aromatic rings. The van der Waals surface area contributed by atoms with Gasteiger partial charge in [-0.1, -0.05) is 0 Å². The number of hydrogen-bond acceptors (Lipinski definition) is 4. The summed E-state index contributed by atoms with van der Waals surface area (Å²) < 4.78 is 0. The minimum Gasteiger partial charge on any atom is -0.506 e. The maximum Gasteiger partial charge on any atom is 0.178 e. The van der Waals surface area contributed by atoms with Crippen LogP contribution >= 0.6 is 0 Å². The molecule has 1 aliphatic carbocycles. The number of ketones is 1. The number of benzene rings is 1. The highest BCUT2D eigenvalue weighted by molar-refractivity contribution is 6.17. The Kier molecular flexibility index (Phi) is 3.02. The topological polar surface area (TPSA) is 75.7 Å². The highest BCUT2D eigenvalue weighted by atomic mass is 16.3. The molecule has 3 N–H and O–H groups in total. The van der Waals surface area contributed by atoms with Crippen LogP contribution in [-0.2, 0) is 4.79 Å². The van der Waals surface area contributed by atoms with E-state index in [9.17, 15) is 9.90 Å². The first kappa shape index (κ1) is 12.1. The molecule has 2 rings (SSSR count). The molecule has 0 amide bonds. The first-order chi connectivity index (χ1) is 8.49. The maximum absolute atomic E-state index is 11.0. The van der Waals surface area contributed by atoms with Gasteiger partial charge in [0.05, 0.1) is 5.71 Å². The predicted octanol–water partition coefficient (Wildman–Crippen LogP) is 2.36. The van der Waals surface area contributed by atoms with Gasteiger partial charge in [0.25, 0.3) is 0 Å². The smallest absolute Gasteiger partial charge is 0.178 e. The number of nitrogens with two attached hydrogens (primary N) is 1. The van der Waals surface area contributed by atoms with E-state index in [-0.39, 0.29) is 11.5 Å². The first-order valence-electron chi connectivity index (χ1n) is 5.56. The van der Waals surface area contributed by atoms with E-state index in [2.05, 4.69) is 4.99 Å². The van der Waals surface area contributed by atoms with Gasteiger partial charge in [0.1, 0.15) is 11.4 Å². The van der Waals surface area contributed by atoms with Crippen molar-refractivity contribution in [3.63, 3.8) is 0 Å². The van der Waals surface area contributed by atoms with Gasteiger partial charge < -0.3 is 10.8 Å². The fourth-order valence-electron chi connectivity index (χ4n) is 1.76. The minimum atomic E-state index is -0.0710. The standard InChI is InChI=1S/C14H14N2O2/c1-8-7-12(18)14(9(2)13(8)15)16-10-3-5-11(17)6-4-10/h3-7,18H,15H2,1-2H3. The van der Waals surface area contributed by atoms with Gasteiger partial charge in [0.15, 0.2) is 5.78 Å². The Bertz CT molecular complexity index is 593. The molecule has 1 aromatic carbocycles. The number of anilines is 1. The number of nitrogens with zero attached hydrogens (tertiary/aromatic N) is 1. The monoisotopic (exact) mass is 242 g/mol. The number of allylic oxidation sites excluding steroid dienone is 4. The summed E-state index contributed by atoms with van der Waals surface area (Å²) in [5, 5.41) is 9.90. The van der Waals surface area contributed by atoms with Crippen molar-refractivity contribution in [2.45, 2.75) is 13.8 Å². The van der Waals surface area contributed by atoms with E-state index in [1.807, 2.05) is 13.8 Å². The third kappa shape index (κ3) is 2.18. The van der Waals surface area contributed by atoms with Crippen LogP contribution in [0.25, 0.3) is 0 Å². The number of rotatable bonds is 1. The summed E-state index contributed by atoms with van der Waals surface area (Å²) in [5.74, 6) is 0.0173. The Balaban J connectivity index is 2.51. The molecule has 0 atom stereocenters. The van der Waals surface area contributed by atoms with Gasteiger partial charge in [-0.25, -0.2) is 4.99 Å². The van der Waals surface area contributed by atoms with E-state index in [0.717, 1.165) is 11.1 Å². The van der Waals surface area contributed by atoms with Crippen LogP contribution in [0, 0.1) is 13.8 Å². The van der Waals surface area contributed by atoms with Crippen LogP contribution < -0.4 is 5.73 Å². The molecule has 0 heterocycles. The van der Waals surface area contributed by atoms with E-state index in [1.165, 1.54) is 12.2 Å². The molecule has 4 nitrogen and oxygen atoms in total. The zero-order chi connectivity index (χ0) is 13.3. The quantitative estimate of drug-likeness (QED) is 0.451. The van der Waals surface area contributed by atoms with Crippen molar-refractivity contribution < 1.29 is 9.90 Å². The average Bonchev–Trinajstić information content (AvgIpc) is 2.34. The summed E-state index contributed by atoms with van der Waals surface area (Å²) >= 11 is 0. The minimum absolute atomic E-state index is 0.0710. The van der Waals surface area contributed by atoms with Crippen LogP contribution in [0.2, 0.25) is 0 Å². The number of aliphatic imine (C=N–C) groups is 1. The van der Waals surface area contributed by atoms with E-state index < -0.39 is 0 Å². The fourth-order valence-corrected chi connectivity index (χ4v) is 1.76. The summed E-state index contributed by atoms with van der Waals surface area (Å²) in [6.07, 6.45) is 6.08. The summed E-state index contributed by atoms with van der Waals surface area (Å²) in [6.45, 7) is 3.64. The van der Waals surface area contributed by atoms with Gasteiger partial charge in [-0.05, 0) is 49.8 Å². The second-order valence-corrected chi connectivity index (χ2v) is 4.21. The average molecular weight is 242 g/mol. The Labute approximate surface area is 105 Å². The van der Waals surface area contributed by atoms with E-state index >= 15 is 0 Å². The molecule has 0 unspecified atom stereocenters. The summed E-state index contributed by atoms with van der Waals surface area (Å²) in [6, 6.07) is 1.59. The molecular weight excluding hydrogens is 228 g/mol. The molecule has 18 heavy (non-hydrogen) atoms. The SMILES string of the molecule is Cc1cc(O)c(N=C2C=CC(=O)C=C2)c(C)c1N. The van der Waals surface area contributed by atoms with Crippen molar-refractivity contribution in [1.82, 2.24) is 0 Å². The number of carbonyl (C=O) groups is 1.